The Bertz CT molecular complexity index is 436. The van der Waals surface area contributed by atoms with Gasteiger partial charge in [-0.05, 0) is 19.4 Å². The van der Waals surface area contributed by atoms with Gasteiger partial charge in [0.05, 0.1) is 14.2 Å². The third-order valence-electron chi connectivity index (χ3n) is 4.07. The van der Waals surface area contributed by atoms with Crippen molar-refractivity contribution in [2.45, 2.75) is 38.9 Å². The first-order valence-electron chi connectivity index (χ1n) is 7.36. The zero-order valence-electron chi connectivity index (χ0n) is 13.0. The van der Waals surface area contributed by atoms with Crippen molar-refractivity contribution < 1.29 is 9.47 Å². The number of rotatable bonds is 5. The maximum absolute atomic E-state index is 5.50. The van der Waals surface area contributed by atoms with E-state index in [9.17, 15) is 0 Å². The first-order chi connectivity index (χ1) is 9.67. The molecule has 1 fully saturated rings. The van der Waals surface area contributed by atoms with Crippen molar-refractivity contribution in [1.29, 1.82) is 0 Å². The van der Waals surface area contributed by atoms with Gasteiger partial charge in [0.15, 0.2) is 0 Å². The summed E-state index contributed by atoms with van der Waals surface area (Å²) in [4.78, 5) is 2.55. The van der Waals surface area contributed by atoms with E-state index in [0.717, 1.165) is 37.6 Å². The molecule has 0 amide bonds. The molecule has 112 valence electrons. The number of piperazine rings is 1. The van der Waals surface area contributed by atoms with Crippen molar-refractivity contribution in [2.75, 3.05) is 27.3 Å². The zero-order chi connectivity index (χ0) is 14.5. The van der Waals surface area contributed by atoms with Gasteiger partial charge in [-0.25, -0.2) is 0 Å². The normalized spacial score (nSPS) is 23.6. The Hall–Kier alpha value is -1.26. The number of nitrogens with zero attached hydrogens (tertiary/aromatic N) is 1. The smallest absolute Gasteiger partial charge is 0.127 e. The number of ether oxygens (including phenoxy) is 2. The highest BCUT2D eigenvalue weighted by molar-refractivity contribution is 5.40. The minimum absolute atomic E-state index is 0.544. The second kappa shape index (κ2) is 6.95. The summed E-state index contributed by atoms with van der Waals surface area (Å²) in [5.41, 5.74) is 1.22. The molecular weight excluding hydrogens is 252 g/mol. The molecule has 0 aliphatic carbocycles. The standard InChI is InChI=1S/C16H26N2O2/c1-5-14-9-17-12(2)10-18(14)11-13-6-7-15(19-3)8-16(13)20-4/h6-8,12,14,17H,5,9-11H2,1-4H3. The van der Waals surface area contributed by atoms with Gasteiger partial charge in [-0.15, -0.1) is 0 Å². The molecular formula is C16H26N2O2. The van der Waals surface area contributed by atoms with E-state index in [1.165, 1.54) is 5.56 Å². The molecule has 4 heteroatoms. The van der Waals surface area contributed by atoms with Crippen molar-refractivity contribution in [3.05, 3.63) is 23.8 Å². The number of methoxy groups -OCH3 is 2. The summed E-state index contributed by atoms with van der Waals surface area (Å²) in [5.74, 6) is 1.75. The summed E-state index contributed by atoms with van der Waals surface area (Å²) < 4.78 is 10.8. The van der Waals surface area contributed by atoms with Crippen LogP contribution in [0.5, 0.6) is 11.5 Å². The lowest BCUT2D eigenvalue weighted by atomic mass is 10.1. The summed E-state index contributed by atoms with van der Waals surface area (Å²) in [6.07, 6.45) is 1.16. The molecule has 0 radical (unpaired) electrons. The Morgan fingerprint density at radius 1 is 1.30 bits per heavy atom. The lowest BCUT2D eigenvalue weighted by Crippen LogP contribution is -2.54. The number of hydrogen-bond donors (Lipinski definition) is 1. The van der Waals surface area contributed by atoms with Crippen LogP contribution in [0, 0.1) is 0 Å². The minimum Gasteiger partial charge on any atom is -0.497 e. The monoisotopic (exact) mass is 278 g/mol. The second-order valence-electron chi connectivity index (χ2n) is 5.48. The van der Waals surface area contributed by atoms with Crippen molar-refractivity contribution in [3.8, 4) is 11.5 Å². The van der Waals surface area contributed by atoms with Crippen molar-refractivity contribution in [3.63, 3.8) is 0 Å². The molecule has 4 nitrogen and oxygen atoms in total. The van der Waals surface area contributed by atoms with Gasteiger partial charge >= 0.3 is 0 Å². The summed E-state index contributed by atoms with van der Waals surface area (Å²) in [7, 11) is 3.40. The zero-order valence-corrected chi connectivity index (χ0v) is 13.0. The first-order valence-corrected chi connectivity index (χ1v) is 7.36. The Balaban J connectivity index is 2.15. The van der Waals surface area contributed by atoms with Gasteiger partial charge in [0.2, 0.25) is 0 Å². The van der Waals surface area contributed by atoms with E-state index >= 15 is 0 Å². The van der Waals surface area contributed by atoms with Crippen molar-refractivity contribution in [2.24, 2.45) is 0 Å². The first kappa shape index (κ1) is 15.1. The van der Waals surface area contributed by atoms with E-state index in [1.54, 1.807) is 14.2 Å². The Morgan fingerprint density at radius 2 is 2.10 bits per heavy atom. The molecule has 20 heavy (non-hydrogen) atoms. The molecule has 1 saturated heterocycles. The quantitative estimate of drug-likeness (QED) is 0.896. The topological polar surface area (TPSA) is 33.7 Å². The maximum Gasteiger partial charge on any atom is 0.127 e. The van der Waals surface area contributed by atoms with Gasteiger partial charge in [0, 0.05) is 43.3 Å². The molecule has 0 spiro atoms. The van der Waals surface area contributed by atoms with Gasteiger partial charge in [0.25, 0.3) is 0 Å². The van der Waals surface area contributed by atoms with Crippen LogP contribution >= 0.6 is 0 Å². The summed E-state index contributed by atoms with van der Waals surface area (Å²) in [6.45, 7) is 7.56. The van der Waals surface area contributed by atoms with Crippen LogP contribution in [0.2, 0.25) is 0 Å². The van der Waals surface area contributed by atoms with Gasteiger partial charge in [-0.1, -0.05) is 13.0 Å². The highest BCUT2D eigenvalue weighted by Gasteiger charge is 2.25. The third kappa shape index (κ3) is 3.44. The molecule has 1 heterocycles. The molecule has 0 bridgehead atoms. The van der Waals surface area contributed by atoms with Crippen LogP contribution < -0.4 is 14.8 Å². The lowest BCUT2D eigenvalue weighted by Gasteiger charge is -2.39. The van der Waals surface area contributed by atoms with Crippen LogP contribution in [0.3, 0.4) is 0 Å². The van der Waals surface area contributed by atoms with Crippen LogP contribution in [-0.4, -0.2) is 44.3 Å². The van der Waals surface area contributed by atoms with E-state index in [-0.39, 0.29) is 0 Å². The van der Waals surface area contributed by atoms with E-state index in [1.807, 2.05) is 12.1 Å². The van der Waals surface area contributed by atoms with Gasteiger partial charge in [-0.2, -0.15) is 0 Å². The number of benzene rings is 1. The summed E-state index contributed by atoms with van der Waals surface area (Å²) in [5, 5.41) is 3.55. The molecule has 2 atom stereocenters. The molecule has 1 N–H and O–H groups in total. The van der Waals surface area contributed by atoms with Crippen LogP contribution in [0.1, 0.15) is 25.8 Å². The molecule has 1 aliphatic rings. The number of nitrogens with one attached hydrogen (secondary N) is 1. The highest BCUT2D eigenvalue weighted by Crippen LogP contribution is 2.27. The summed E-state index contributed by atoms with van der Waals surface area (Å²) >= 11 is 0. The molecule has 2 rings (SSSR count). The maximum atomic E-state index is 5.50. The Labute approximate surface area is 122 Å². The Kier molecular flexibility index (Phi) is 5.26. The van der Waals surface area contributed by atoms with Gasteiger partial charge in [-0.3, -0.25) is 4.90 Å². The average molecular weight is 278 g/mol. The van der Waals surface area contributed by atoms with Crippen molar-refractivity contribution >= 4 is 0 Å². The van der Waals surface area contributed by atoms with E-state index in [2.05, 4.69) is 30.1 Å². The largest absolute Gasteiger partial charge is 0.497 e. The fourth-order valence-corrected chi connectivity index (χ4v) is 2.83. The number of hydrogen-bond acceptors (Lipinski definition) is 4. The molecule has 0 saturated carbocycles. The third-order valence-corrected chi connectivity index (χ3v) is 4.07. The summed E-state index contributed by atoms with van der Waals surface area (Å²) in [6, 6.07) is 7.21. The van der Waals surface area contributed by atoms with Gasteiger partial charge < -0.3 is 14.8 Å². The molecule has 1 aromatic rings. The predicted octanol–water partition coefficient (Wildman–Crippen LogP) is 2.28. The van der Waals surface area contributed by atoms with E-state index in [4.69, 9.17) is 9.47 Å². The SMILES string of the molecule is CCC1CNC(C)CN1Cc1ccc(OC)cc1OC. The highest BCUT2D eigenvalue weighted by atomic mass is 16.5. The van der Waals surface area contributed by atoms with Crippen LogP contribution in [0.15, 0.2) is 18.2 Å². The van der Waals surface area contributed by atoms with Crippen LogP contribution in [0.4, 0.5) is 0 Å². The fraction of sp³-hybridized carbons (Fsp3) is 0.625. The lowest BCUT2D eigenvalue weighted by molar-refractivity contribution is 0.123. The van der Waals surface area contributed by atoms with Crippen LogP contribution in [-0.2, 0) is 6.54 Å². The Morgan fingerprint density at radius 3 is 2.75 bits per heavy atom. The average Bonchev–Trinajstić information content (AvgIpc) is 2.48. The van der Waals surface area contributed by atoms with Crippen molar-refractivity contribution in [1.82, 2.24) is 10.2 Å². The molecule has 0 aromatic heterocycles. The molecule has 1 aliphatic heterocycles. The van der Waals surface area contributed by atoms with Crippen LogP contribution in [0.25, 0.3) is 0 Å². The fourth-order valence-electron chi connectivity index (χ4n) is 2.83. The van der Waals surface area contributed by atoms with E-state index in [0.29, 0.717) is 12.1 Å². The minimum atomic E-state index is 0.544. The second-order valence-corrected chi connectivity index (χ2v) is 5.48. The molecule has 1 aromatic carbocycles. The predicted molar refractivity (Wildman–Crippen MR) is 81.5 cm³/mol. The van der Waals surface area contributed by atoms with Gasteiger partial charge in [0.1, 0.15) is 11.5 Å². The van der Waals surface area contributed by atoms with E-state index < -0.39 is 0 Å². The molecule has 2 unspecified atom stereocenters.